The Morgan fingerprint density at radius 2 is 1.75 bits per heavy atom. The smallest absolute Gasteiger partial charge is 0.479 e. The Balaban J connectivity index is 1.70. The lowest BCUT2D eigenvalue weighted by Gasteiger charge is -2.24. The number of hydrogen-bond donors (Lipinski definition) is 1. The molecule has 0 bridgehead atoms. The van der Waals surface area contributed by atoms with Gasteiger partial charge in [0.25, 0.3) is 10.0 Å². The molecule has 0 radical (unpaired) electrons. The van der Waals surface area contributed by atoms with Gasteiger partial charge in [-0.25, -0.2) is 22.9 Å². The molecule has 0 aliphatic carbocycles. The van der Waals surface area contributed by atoms with Crippen molar-refractivity contribution in [2.24, 2.45) is 0 Å². The summed E-state index contributed by atoms with van der Waals surface area (Å²) in [6.45, 7) is 1.12. The number of nitrogens with one attached hydrogen (secondary N) is 1. The molecule has 1 N–H and O–H groups in total. The van der Waals surface area contributed by atoms with Crippen LogP contribution < -0.4 is 14.5 Å². The van der Waals surface area contributed by atoms with E-state index in [2.05, 4.69) is 20.1 Å². The van der Waals surface area contributed by atoms with Gasteiger partial charge < -0.3 is 14.9 Å². The molecular weight excluding hydrogens is 618 g/mol. The van der Waals surface area contributed by atoms with Crippen LogP contribution in [0.1, 0.15) is 12.0 Å². The fraction of sp³-hybridized carbons (Fsp3) is 0.179. The van der Waals surface area contributed by atoms with E-state index in [1.54, 1.807) is 6.07 Å². The summed E-state index contributed by atoms with van der Waals surface area (Å²) < 4.78 is 114. The lowest BCUT2D eigenvalue weighted by atomic mass is 9.94. The Morgan fingerprint density at radius 1 is 0.977 bits per heavy atom. The molecule has 0 unspecified atom stereocenters. The monoisotopic (exact) mass is 638 g/mol. The van der Waals surface area contributed by atoms with E-state index in [9.17, 15) is 35.2 Å². The van der Waals surface area contributed by atoms with Gasteiger partial charge in [-0.05, 0) is 54.4 Å². The minimum Gasteiger partial charge on any atom is -0.479 e. The van der Waals surface area contributed by atoms with Gasteiger partial charge in [-0.3, -0.25) is 4.98 Å². The van der Waals surface area contributed by atoms with Crippen molar-refractivity contribution in [2.45, 2.75) is 17.5 Å². The van der Waals surface area contributed by atoms with E-state index in [-0.39, 0.29) is 22.8 Å². The van der Waals surface area contributed by atoms with Gasteiger partial charge in [0.1, 0.15) is 22.3 Å². The van der Waals surface area contributed by atoms with Crippen LogP contribution in [0, 0.1) is 17.5 Å². The third kappa shape index (κ3) is 5.90. The molecule has 16 heteroatoms. The number of pyridine rings is 2. The van der Waals surface area contributed by atoms with Gasteiger partial charge in [0.15, 0.2) is 5.69 Å². The molecule has 0 amide bonds. The highest BCUT2D eigenvalue weighted by atomic mass is 32.2. The first-order valence-corrected chi connectivity index (χ1v) is 14.1. The molecule has 0 atom stereocenters. The van der Waals surface area contributed by atoms with E-state index in [0.717, 1.165) is 24.9 Å². The molecule has 3 heterocycles. The number of nitrogens with zero attached hydrogens (tertiary/aromatic N) is 3. The van der Waals surface area contributed by atoms with Crippen LogP contribution in [-0.4, -0.2) is 50.7 Å². The normalized spacial score (nSPS) is 13.8. The molecule has 230 valence electrons. The van der Waals surface area contributed by atoms with Crippen LogP contribution in [0.5, 0.6) is 5.88 Å². The molecule has 9 nitrogen and oxygen atoms in total. The Kier molecular flexibility index (Phi) is 8.22. The SMILES string of the molecule is COc1ncc(-c2ccc3ncc(F)c(C4=CCNCC4)c3c2)cc1N(OC(=O)C(F)(F)F)S(=O)(=O)c1ccc(F)cc1F. The Morgan fingerprint density at radius 3 is 2.41 bits per heavy atom. The third-order valence-corrected chi connectivity index (χ3v) is 8.14. The second-order valence-corrected chi connectivity index (χ2v) is 11.1. The molecule has 0 fully saturated rings. The number of hydrogen-bond acceptors (Lipinski definition) is 8. The van der Waals surface area contributed by atoms with Crippen LogP contribution in [0.3, 0.4) is 0 Å². The fourth-order valence-electron chi connectivity index (χ4n) is 4.54. The van der Waals surface area contributed by atoms with E-state index >= 15 is 4.39 Å². The summed E-state index contributed by atoms with van der Waals surface area (Å²) in [5, 5.41) is 3.52. The highest BCUT2D eigenvalue weighted by Gasteiger charge is 2.46. The molecule has 4 aromatic rings. The number of rotatable bonds is 7. The van der Waals surface area contributed by atoms with Gasteiger partial charge in [0.2, 0.25) is 5.88 Å². The highest BCUT2D eigenvalue weighted by molar-refractivity contribution is 7.92. The van der Waals surface area contributed by atoms with Crippen molar-refractivity contribution in [3.8, 4) is 17.0 Å². The van der Waals surface area contributed by atoms with E-state index in [1.807, 2.05) is 6.08 Å². The second-order valence-electron chi connectivity index (χ2n) is 9.33. The standard InChI is InChI=1S/C28H20F6N4O5S/c1-42-26-23(38(43-27(39)28(32,33)34)44(40,41)24-5-3-18(29)12-20(24)30)11-17(13-37-26)16-2-4-22-19(10-16)25(21(31)14-36-22)15-6-8-35-9-7-15/h2-6,10-14,35H,7-9H2,1H3. The Labute approximate surface area is 245 Å². The molecule has 0 saturated carbocycles. The molecule has 2 aromatic heterocycles. The van der Waals surface area contributed by atoms with Crippen molar-refractivity contribution < 1.29 is 49.1 Å². The fourth-order valence-corrected chi connectivity index (χ4v) is 5.82. The predicted octanol–water partition coefficient (Wildman–Crippen LogP) is 5.32. The number of fused-ring (bicyclic) bond motifs is 1. The van der Waals surface area contributed by atoms with Crippen LogP contribution in [-0.2, 0) is 19.7 Å². The summed E-state index contributed by atoms with van der Waals surface area (Å²) in [5.41, 5.74) is 0.906. The van der Waals surface area contributed by atoms with Gasteiger partial charge >= 0.3 is 12.1 Å². The van der Waals surface area contributed by atoms with Crippen LogP contribution in [0.2, 0.25) is 0 Å². The van der Waals surface area contributed by atoms with Crippen molar-refractivity contribution in [3.63, 3.8) is 0 Å². The summed E-state index contributed by atoms with van der Waals surface area (Å²) in [6.07, 6.45) is -1.07. The minimum atomic E-state index is -5.68. The van der Waals surface area contributed by atoms with Crippen molar-refractivity contribution in [3.05, 3.63) is 83.9 Å². The topological polar surface area (TPSA) is 111 Å². The van der Waals surface area contributed by atoms with Crippen molar-refractivity contribution in [1.29, 1.82) is 0 Å². The highest BCUT2D eigenvalue weighted by Crippen LogP contribution is 2.38. The van der Waals surface area contributed by atoms with E-state index in [0.29, 0.717) is 42.5 Å². The second kappa shape index (κ2) is 11.8. The maximum absolute atomic E-state index is 15.1. The van der Waals surface area contributed by atoms with Gasteiger partial charge in [-0.1, -0.05) is 16.6 Å². The summed E-state index contributed by atoms with van der Waals surface area (Å²) >= 11 is 0. The van der Waals surface area contributed by atoms with Crippen molar-refractivity contribution >= 4 is 38.2 Å². The first-order chi connectivity index (χ1) is 20.8. The third-order valence-electron chi connectivity index (χ3n) is 6.55. The number of benzene rings is 2. The number of ether oxygens (including phenoxy) is 1. The molecule has 1 aliphatic rings. The summed E-state index contributed by atoms with van der Waals surface area (Å²) in [7, 11) is -4.49. The summed E-state index contributed by atoms with van der Waals surface area (Å²) in [4.78, 5) is 22.9. The van der Waals surface area contributed by atoms with E-state index in [4.69, 9.17) is 4.74 Å². The minimum absolute atomic E-state index is 0.0556. The first kappa shape index (κ1) is 30.7. The van der Waals surface area contributed by atoms with Gasteiger partial charge in [-0.2, -0.15) is 21.6 Å². The number of carbonyl (C=O) groups is 1. The van der Waals surface area contributed by atoms with Crippen LogP contribution in [0.25, 0.3) is 27.6 Å². The van der Waals surface area contributed by atoms with Crippen LogP contribution >= 0.6 is 0 Å². The molecule has 0 saturated heterocycles. The largest absolute Gasteiger partial charge is 0.493 e. The van der Waals surface area contributed by atoms with Gasteiger partial charge in [0, 0.05) is 35.3 Å². The molecular formula is C28H20F6N4O5S. The van der Waals surface area contributed by atoms with Crippen molar-refractivity contribution in [2.75, 3.05) is 24.7 Å². The van der Waals surface area contributed by atoms with Crippen LogP contribution in [0.4, 0.5) is 32.0 Å². The number of sulfonamides is 1. The quantitative estimate of drug-likeness (QED) is 0.214. The lowest BCUT2D eigenvalue weighted by Crippen LogP contribution is -2.39. The summed E-state index contributed by atoms with van der Waals surface area (Å²) in [5.74, 6) is -7.05. The first-order valence-electron chi connectivity index (χ1n) is 12.6. The number of anilines is 1. The predicted molar refractivity (Wildman–Crippen MR) is 145 cm³/mol. The number of aromatic nitrogens is 2. The average molecular weight is 639 g/mol. The molecule has 1 aliphatic heterocycles. The van der Waals surface area contributed by atoms with Gasteiger partial charge in [-0.15, -0.1) is 0 Å². The molecule has 2 aromatic carbocycles. The maximum atomic E-state index is 15.1. The number of methoxy groups -OCH3 is 1. The molecule has 44 heavy (non-hydrogen) atoms. The van der Waals surface area contributed by atoms with Crippen LogP contribution in [0.15, 0.2) is 65.8 Å². The van der Waals surface area contributed by atoms with E-state index in [1.165, 1.54) is 18.3 Å². The zero-order chi connectivity index (χ0) is 31.8. The summed E-state index contributed by atoms with van der Waals surface area (Å²) in [6, 6.07) is 6.72. The Bertz CT molecular complexity index is 1920. The number of halogens is 6. The van der Waals surface area contributed by atoms with E-state index < -0.39 is 60.6 Å². The lowest BCUT2D eigenvalue weighted by molar-refractivity contribution is -0.199. The Hall–Kier alpha value is -4.70. The number of alkyl halides is 3. The maximum Gasteiger partial charge on any atom is 0.493 e. The zero-order valence-electron chi connectivity index (χ0n) is 22.5. The zero-order valence-corrected chi connectivity index (χ0v) is 23.3. The molecule has 0 spiro atoms. The van der Waals surface area contributed by atoms with Crippen molar-refractivity contribution in [1.82, 2.24) is 15.3 Å². The number of carbonyl (C=O) groups excluding carboxylic acids is 1. The average Bonchev–Trinajstić information content (AvgIpc) is 2.98. The van der Waals surface area contributed by atoms with Gasteiger partial charge in [0.05, 0.1) is 18.8 Å². The molecule has 5 rings (SSSR count).